The molecule has 1 aliphatic heterocycles. The molecule has 6 aromatic carbocycles. The summed E-state index contributed by atoms with van der Waals surface area (Å²) >= 11 is 3.72. The summed E-state index contributed by atoms with van der Waals surface area (Å²) < 4.78 is 3.97. The smallest absolute Gasteiger partial charge is 0.124 e. The molecule has 0 amide bonds. The summed E-state index contributed by atoms with van der Waals surface area (Å²) in [6.45, 7) is 5.25. The molecule has 0 saturated heterocycles. The molecule has 4 heteroatoms. The molecule has 5 aliphatic carbocycles. The molecule has 0 unspecified atom stereocenters. The molecule has 4 fully saturated rings. The Hall–Kier alpha value is -4.35. The number of thiazole rings is 1. The Morgan fingerprint density at radius 1 is 0.585 bits per heavy atom. The Balaban J connectivity index is 1.05. The number of thiophene rings is 1. The summed E-state index contributed by atoms with van der Waals surface area (Å²) in [7, 11) is -1.93. The van der Waals surface area contributed by atoms with Crippen molar-refractivity contribution >= 4 is 71.5 Å². The molecule has 256 valence electrons. The van der Waals surface area contributed by atoms with Crippen LogP contribution in [0.2, 0.25) is 13.1 Å². The van der Waals surface area contributed by atoms with Crippen LogP contribution in [-0.4, -0.2) is 13.1 Å². The zero-order chi connectivity index (χ0) is 34.8. The van der Waals surface area contributed by atoms with Gasteiger partial charge in [0.05, 0.1) is 10.2 Å². The third-order valence-electron chi connectivity index (χ3n) is 14.7. The van der Waals surface area contributed by atoms with Gasteiger partial charge in [-0.05, 0) is 147 Å². The van der Waals surface area contributed by atoms with E-state index >= 15 is 0 Å². The van der Waals surface area contributed by atoms with Crippen molar-refractivity contribution in [1.82, 2.24) is 4.98 Å². The van der Waals surface area contributed by atoms with Crippen molar-refractivity contribution in [1.29, 1.82) is 0 Å². The van der Waals surface area contributed by atoms with Crippen molar-refractivity contribution in [2.45, 2.75) is 50.6 Å². The summed E-state index contributed by atoms with van der Waals surface area (Å²) in [6, 6.07) is 45.0. The minimum Gasteiger partial charge on any atom is -0.236 e. The van der Waals surface area contributed by atoms with Gasteiger partial charge in [-0.3, -0.25) is 0 Å². The molecule has 8 aromatic rings. The maximum Gasteiger partial charge on any atom is 0.124 e. The highest BCUT2D eigenvalue weighted by molar-refractivity contribution is 7.26. The van der Waals surface area contributed by atoms with Crippen LogP contribution in [0.4, 0.5) is 0 Å². The van der Waals surface area contributed by atoms with Gasteiger partial charge in [0.15, 0.2) is 0 Å². The van der Waals surface area contributed by atoms with Crippen LogP contribution in [-0.2, 0) is 5.41 Å². The first kappa shape index (κ1) is 30.0. The van der Waals surface area contributed by atoms with Gasteiger partial charge in [0.2, 0.25) is 0 Å². The molecule has 4 saturated carbocycles. The Kier molecular flexibility index (Phi) is 5.80. The number of aromatic nitrogens is 1. The van der Waals surface area contributed by atoms with E-state index in [0.29, 0.717) is 0 Å². The molecule has 53 heavy (non-hydrogen) atoms. The zero-order valence-electron chi connectivity index (χ0n) is 30.1. The quantitative estimate of drug-likeness (QED) is 0.161. The van der Waals surface area contributed by atoms with Crippen LogP contribution in [0.15, 0.2) is 115 Å². The van der Waals surface area contributed by atoms with Crippen LogP contribution in [0, 0.1) is 23.7 Å². The third kappa shape index (κ3) is 3.75. The molecule has 3 heterocycles. The van der Waals surface area contributed by atoms with E-state index in [9.17, 15) is 0 Å². The first-order chi connectivity index (χ1) is 26.0. The first-order valence-electron chi connectivity index (χ1n) is 19.7. The Labute approximate surface area is 319 Å². The molecule has 1 spiro atoms. The van der Waals surface area contributed by atoms with Gasteiger partial charge < -0.3 is 0 Å². The van der Waals surface area contributed by atoms with Crippen LogP contribution in [0.3, 0.4) is 0 Å². The molecule has 0 atom stereocenters. The second kappa shape index (κ2) is 10.2. The Morgan fingerprint density at radius 3 is 2.06 bits per heavy atom. The summed E-state index contributed by atoms with van der Waals surface area (Å²) in [4.78, 5) is 5.04. The monoisotopic (exact) mass is 733 g/mol. The lowest BCUT2D eigenvalue weighted by atomic mass is 9.42. The first-order valence-corrected chi connectivity index (χ1v) is 24.3. The van der Waals surface area contributed by atoms with Crippen molar-refractivity contribution in [3.8, 4) is 44.0 Å². The largest absolute Gasteiger partial charge is 0.236 e. The third-order valence-corrected chi connectivity index (χ3v) is 20.5. The van der Waals surface area contributed by atoms with Gasteiger partial charge in [-0.25, -0.2) is 4.98 Å². The predicted octanol–water partition coefficient (Wildman–Crippen LogP) is 12.5. The fourth-order valence-corrected chi connectivity index (χ4v) is 18.4. The number of fused-ring (bicyclic) bond motifs is 11. The number of hydrogen-bond acceptors (Lipinski definition) is 3. The molecule has 0 N–H and O–H groups in total. The normalized spacial score (nSPS) is 25.4. The molecule has 4 bridgehead atoms. The van der Waals surface area contributed by atoms with Gasteiger partial charge in [-0.1, -0.05) is 92.0 Å². The maximum atomic E-state index is 5.04. The molecule has 14 rings (SSSR count). The molecule has 1 nitrogen and oxygen atoms in total. The van der Waals surface area contributed by atoms with Crippen molar-refractivity contribution < 1.29 is 0 Å². The maximum absolute atomic E-state index is 5.04. The van der Waals surface area contributed by atoms with Gasteiger partial charge in [0.25, 0.3) is 0 Å². The number of para-hydroxylation sites is 1. The van der Waals surface area contributed by atoms with Crippen molar-refractivity contribution in [2.24, 2.45) is 23.7 Å². The number of hydrogen-bond donors (Lipinski definition) is 0. The zero-order valence-corrected chi connectivity index (χ0v) is 32.7. The van der Waals surface area contributed by atoms with Crippen molar-refractivity contribution in [3.05, 3.63) is 126 Å². The molecular formula is C49H39NS2Si. The van der Waals surface area contributed by atoms with Crippen LogP contribution in [0.5, 0.6) is 0 Å². The fraction of sp³-hybridized carbons (Fsp3) is 0.245. The Morgan fingerprint density at radius 2 is 1.26 bits per heavy atom. The highest BCUT2D eigenvalue weighted by Crippen LogP contribution is 2.70. The summed E-state index contributed by atoms with van der Waals surface area (Å²) in [5, 5.41) is 7.16. The van der Waals surface area contributed by atoms with Crippen molar-refractivity contribution in [3.63, 3.8) is 0 Å². The van der Waals surface area contributed by atoms with E-state index in [4.69, 9.17) is 4.98 Å². The van der Waals surface area contributed by atoms with E-state index in [1.54, 1.807) is 44.0 Å². The van der Waals surface area contributed by atoms with Gasteiger partial charge in [0.1, 0.15) is 13.1 Å². The van der Waals surface area contributed by atoms with E-state index in [2.05, 4.69) is 128 Å². The number of benzene rings is 6. The van der Waals surface area contributed by atoms with Crippen molar-refractivity contribution in [2.75, 3.05) is 0 Å². The lowest BCUT2D eigenvalue weighted by Gasteiger charge is -2.61. The van der Waals surface area contributed by atoms with Crippen LogP contribution >= 0.6 is 22.7 Å². The van der Waals surface area contributed by atoms with Crippen LogP contribution in [0.1, 0.15) is 43.2 Å². The highest BCUT2D eigenvalue weighted by Gasteiger charge is 2.63. The average molecular weight is 734 g/mol. The second-order valence-electron chi connectivity index (χ2n) is 17.5. The molecule has 0 radical (unpaired) electrons. The van der Waals surface area contributed by atoms with Gasteiger partial charge >= 0.3 is 0 Å². The topological polar surface area (TPSA) is 12.9 Å². The minimum atomic E-state index is -1.93. The van der Waals surface area contributed by atoms with E-state index in [0.717, 1.165) is 34.2 Å². The fourth-order valence-electron chi connectivity index (χ4n) is 12.9. The lowest BCUT2D eigenvalue weighted by Crippen LogP contribution is -2.55. The molecule has 2 aromatic heterocycles. The van der Waals surface area contributed by atoms with Crippen LogP contribution < -0.4 is 10.4 Å². The number of nitrogens with zero attached hydrogens (tertiary/aromatic N) is 1. The summed E-state index contributed by atoms with van der Waals surface area (Å²) in [5.41, 5.74) is 14.9. The SMILES string of the molecule is C[Si]1(C)c2ccccc2-c2ccc3c(c21)-c1cccc(-c2ccc4sc5ccc(-c6nc7ccccc7s6)cc5c4c2)c1C31C2CC3CC(C2)CC1C3. The van der Waals surface area contributed by atoms with Gasteiger partial charge in [-0.15, -0.1) is 22.7 Å². The minimum absolute atomic E-state index is 0.106. The van der Waals surface area contributed by atoms with E-state index in [-0.39, 0.29) is 5.41 Å². The predicted molar refractivity (Wildman–Crippen MR) is 229 cm³/mol. The van der Waals surface area contributed by atoms with E-state index < -0.39 is 8.07 Å². The number of rotatable bonds is 2. The van der Waals surface area contributed by atoms with Gasteiger partial charge in [-0.2, -0.15) is 0 Å². The summed E-state index contributed by atoms with van der Waals surface area (Å²) in [5.74, 6) is 3.30. The van der Waals surface area contributed by atoms with E-state index in [1.165, 1.54) is 84.8 Å². The lowest BCUT2D eigenvalue weighted by molar-refractivity contribution is -0.0397. The average Bonchev–Trinajstić information content (AvgIpc) is 3.91. The molecular weight excluding hydrogens is 695 g/mol. The van der Waals surface area contributed by atoms with Gasteiger partial charge in [0, 0.05) is 31.2 Å². The van der Waals surface area contributed by atoms with Crippen LogP contribution in [0.25, 0.3) is 74.3 Å². The molecule has 6 aliphatic rings. The Bertz CT molecular complexity index is 2850. The standard InChI is InChI=1S/C49H39NS2Si/c1-53(2)44-13-6-3-8-34(44)35-16-17-39-45(47(35)53)36-10-7-9-33(46(36)49(39)31-21-27-20-28(23-31)24-32(49)22-27)29-14-18-41-37(25-29)38-26-30(15-19-42(38)51-41)48-50-40-11-4-5-12-43(40)52-48/h3-19,25-28,31-32H,20-24H2,1-2H3. The summed E-state index contributed by atoms with van der Waals surface area (Å²) in [6.07, 6.45) is 7.09. The second-order valence-corrected chi connectivity index (χ2v) is 23.9. The van der Waals surface area contributed by atoms with E-state index in [1.807, 2.05) is 11.3 Å². The highest BCUT2D eigenvalue weighted by atomic mass is 32.1.